The van der Waals surface area contributed by atoms with Crippen LogP contribution in [0.4, 0.5) is 10.6 Å². The van der Waals surface area contributed by atoms with Crippen LogP contribution in [-0.2, 0) is 4.79 Å². The smallest absolute Gasteiger partial charge is 0.323 e. The van der Waals surface area contributed by atoms with Gasteiger partial charge in [0.25, 0.3) is 0 Å². The molecule has 9 heteroatoms. The van der Waals surface area contributed by atoms with Crippen molar-refractivity contribution in [3.63, 3.8) is 0 Å². The van der Waals surface area contributed by atoms with E-state index in [0.29, 0.717) is 34.6 Å². The molecule has 1 aromatic heterocycles. The molecule has 7 nitrogen and oxygen atoms in total. The SMILES string of the molecule is Cc1nn(-c2ccc(Cl)c(Cl)c2)c(NC(=O)N2CCCC(C(=O)N(C)C)C2)c1C. The second kappa shape index (κ2) is 8.63. The fourth-order valence-corrected chi connectivity index (χ4v) is 3.76. The van der Waals surface area contributed by atoms with E-state index in [1.54, 1.807) is 46.8 Å². The molecule has 0 aliphatic carbocycles. The summed E-state index contributed by atoms with van der Waals surface area (Å²) in [7, 11) is 3.48. The van der Waals surface area contributed by atoms with Crippen molar-refractivity contribution in [1.29, 1.82) is 0 Å². The summed E-state index contributed by atoms with van der Waals surface area (Å²) < 4.78 is 1.65. The molecule has 1 aromatic carbocycles. The van der Waals surface area contributed by atoms with E-state index < -0.39 is 0 Å². The molecule has 3 rings (SSSR count). The Bertz CT molecular complexity index is 941. The Morgan fingerprint density at radius 3 is 2.59 bits per heavy atom. The number of carbonyl (C=O) groups is 2. The molecule has 1 aliphatic rings. The van der Waals surface area contributed by atoms with E-state index in [1.165, 1.54) is 0 Å². The Labute approximate surface area is 180 Å². The number of aryl methyl sites for hydroxylation is 1. The number of likely N-dealkylation sites (tertiary alicyclic amines) is 1. The maximum absolute atomic E-state index is 13.0. The normalized spacial score (nSPS) is 16.6. The highest BCUT2D eigenvalue weighted by Gasteiger charge is 2.30. The number of hydrogen-bond acceptors (Lipinski definition) is 3. The third-order valence-electron chi connectivity index (χ3n) is 5.23. The van der Waals surface area contributed by atoms with Gasteiger partial charge in [-0.15, -0.1) is 0 Å². The van der Waals surface area contributed by atoms with Crippen LogP contribution >= 0.6 is 23.2 Å². The zero-order valence-electron chi connectivity index (χ0n) is 17.0. The number of carbonyl (C=O) groups excluding carboxylic acids is 2. The monoisotopic (exact) mass is 437 g/mol. The number of rotatable bonds is 3. The minimum atomic E-state index is -0.245. The Balaban J connectivity index is 1.83. The standard InChI is InChI=1S/C20H25Cl2N5O2/c1-12-13(2)24-27(15-7-8-16(21)17(22)10-15)18(12)23-20(29)26-9-5-6-14(11-26)19(28)25(3)4/h7-8,10,14H,5-6,9,11H2,1-4H3,(H,23,29). The van der Waals surface area contributed by atoms with Gasteiger partial charge >= 0.3 is 6.03 Å². The zero-order valence-corrected chi connectivity index (χ0v) is 18.5. The van der Waals surface area contributed by atoms with Crippen LogP contribution in [0.2, 0.25) is 10.0 Å². The number of hydrogen-bond donors (Lipinski definition) is 1. The van der Waals surface area contributed by atoms with Gasteiger partial charge in [0, 0.05) is 32.7 Å². The lowest BCUT2D eigenvalue weighted by Gasteiger charge is -2.33. The maximum Gasteiger partial charge on any atom is 0.323 e. The van der Waals surface area contributed by atoms with Crippen molar-refractivity contribution in [2.24, 2.45) is 5.92 Å². The van der Waals surface area contributed by atoms with Gasteiger partial charge in [-0.3, -0.25) is 10.1 Å². The maximum atomic E-state index is 13.0. The molecule has 1 fully saturated rings. The van der Waals surface area contributed by atoms with Crippen LogP contribution in [-0.4, -0.2) is 58.7 Å². The van der Waals surface area contributed by atoms with E-state index in [-0.39, 0.29) is 17.9 Å². The summed E-state index contributed by atoms with van der Waals surface area (Å²) in [6.45, 7) is 4.80. The molecular formula is C20H25Cl2N5O2. The van der Waals surface area contributed by atoms with E-state index in [2.05, 4.69) is 10.4 Å². The molecule has 3 amide bonds. The number of aromatic nitrogens is 2. The van der Waals surface area contributed by atoms with Gasteiger partial charge in [0.05, 0.1) is 27.3 Å². The van der Waals surface area contributed by atoms with Crippen molar-refractivity contribution in [1.82, 2.24) is 19.6 Å². The first-order valence-electron chi connectivity index (χ1n) is 9.47. The molecule has 0 saturated carbocycles. The van der Waals surface area contributed by atoms with Crippen LogP contribution in [0, 0.1) is 19.8 Å². The molecular weight excluding hydrogens is 413 g/mol. The average Bonchev–Trinajstić information content (AvgIpc) is 2.97. The minimum Gasteiger partial charge on any atom is -0.349 e. The van der Waals surface area contributed by atoms with Crippen molar-refractivity contribution in [3.8, 4) is 5.69 Å². The number of urea groups is 1. The molecule has 0 spiro atoms. The average molecular weight is 438 g/mol. The Morgan fingerprint density at radius 2 is 1.93 bits per heavy atom. The number of halogens is 2. The van der Waals surface area contributed by atoms with Crippen molar-refractivity contribution in [3.05, 3.63) is 39.5 Å². The van der Waals surface area contributed by atoms with Crippen LogP contribution in [0.1, 0.15) is 24.1 Å². The van der Waals surface area contributed by atoms with Gasteiger partial charge in [0.15, 0.2) is 0 Å². The predicted molar refractivity (Wildman–Crippen MR) is 115 cm³/mol. The first-order chi connectivity index (χ1) is 13.7. The quantitative estimate of drug-likeness (QED) is 0.784. The second-order valence-electron chi connectivity index (χ2n) is 7.52. The molecule has 1 N–H and O–H groups in total. The Morgan fingerprint density at radius 1 is 1.21 bits per heavy atom. The summed E-state index contributed by atoms with van der Waals surface area (Å²) >= 11 is 12.2. The molecule has 156 valence electrons. The van der Waals surface area contributed by atoms with Gasteiger partial charge in [0.2, 0.25) is 5.91 Å². The Kier molecular flexibility index (Phi) is 6.39. The van der Waals surface area contributed by atoms with Crippen molar-refractivity contribution in [2.75, 3.05) is 32.5 Å². The fourth-order valence-electron chi connectivity index (χ4n) is 3.46. The molecule has 0 bridgehead atoms. The molecule has 1 atom stereocenters. The van der Waals surface area contributed by atoms with Gasteiger partial charge in [-0.25, -0.2) is 9.48 Å². The number of piperidine rings is 1. The van der Waals surface area contributed by atoms with E-state index in [1.807, 2.05) is 13.8 Å². The summed E-state index contributed by atoms with van der Waals surface area (Å²) in [5, 5.41) is 8.37. The molecule has 1 aliphatic heterocycles. The second-order valence-corrected chi connectivity index (χ2v) is 8.33. The predicted octanol–water partition coefficient (Wildman–Crippen LogP) is 4.13. The number of nitrogens with one attached hydrogen (secondary N) is 1. The molecule has 0 radical (unpaired) electrons. The summed E-state index contributed by atoms with van der Waals surface area (Å²) in [5.74, 6) is 0.453. The third kappa shape index (κ3) is 4.51. The summed E-state index contributed by atoms with van der Waals surface area (Å²) in [6, 6.07) is 4.95. The first kappa shape index (κ1) is 21.5. The van der Waals surface area contributed by atoms with Crippen LogP contribution in [0.3, 0.4) is 0 Å². The molecule has 1 unspecified atom stereocenters. The molecule has 1 saturated heterocycles. The van der Waals surface area contributed by atoms with Gasteiger partial charge < -0.3 is 9.80 Å². The highest BCUT2D eigenvalue weighted by molar-refractivity contribution is 6.42. The van der Waals surface area contributed by atoms with E-state index in [0.717, 1.165) is 24.1 Å². The lowest BCUT2D eigenvalue weighted by atomic mass is 9.97. The zero-order chi connectivity index (χ0) is 21.3. The van der Waals surface area contributed by atoms with Crippen LogP contribution < -0.4 is 5.32 Å². The molecule has 29 heavy (non-hydrogen) atoms. The van der Waals surface area contributed by atoms with Gasteiger partial charge in [-0.1, -0.05) is 23.2 Å². The first-order valence-corrected chi connectivity index (χ1v) is 10.2. The molecule has 2 heterocycles. The Hall–Kier alpha value is -2.25. The summed E-state index contributed by atoms with van der Waals surface area (Å²) in [5.41, 5.74) is 2.36. The van der Waals surface area contributed by atoms with Crippen LogP contribution in [0.15, 0.2) is 18.2 Å². The van der Waals surface area contributed by atoms with Gasteiger partial charge in [-0.2, -0.15) is 5.10 Å². The highest BCUT2D eigenvalue weighted by Crippen LogP contribution is 2.29. The van der Waals surface area contributed by atoms with E-state index in [4.69, 9.17) is 23.2 Å². The van der Waals surface area contributed by atoms with E-state index in [9.17, 15) is 9.59 Å². The number of nitrogens with zero attached hydrogens (tertiary/aromatic N) is 4. The summed E-state index contributed by atoms with van der Waals surface area (Å²) in [6.07, 6.45) is 1.59. The van der Waals surface area contributed by atoms with E-state index >= 15 is 0 Å². The van der Waals surface area contributed by atoms with Crippen molar-refractivity contribution >= 4 is 41.0 Å². The van der Waals surface area contributed by atoms with Gasteiger partial charge in [0.1, 0.15) is 5.82 Å². The fraction of sp³-hybridized carbons (Fsp3) is 0.450. The van der Waals surface area contributed by atoms with Crippen molar-refractivity contribution < 1.29 is 9.59 Å². The number of anilines is 1. The minimum absolute atomic E-state index is 0.0513. The lowest BCUT2D eigenvalue weighted by molar-refractivity contribution is -0.134. The van der Waals surface area contributed by atoms with Crippen LogP contribution in [0.25, 0.3) is 5.69 Å². The lowest BCUT2D eigenvalue weighted by Crippen LogP contribution is -2.46. The number of amides is 3. The summed E-state index contributed by atoms with van der Waals surface area (Å²) in [4.78, 5) is 28.6. The molecule has 2 aromatic rings. The third-order valence-corrected chi connectivity index (χ3v) is 5.97. The van der Waals surface area contributed by atoms with Crippen molar-refractivity contribution in [2.45, 2.75) is 26.7 Å². The number of benzene rings is 1. The van der Waals surface area contributed by atoms with Crippen LogP contribution in [0.5, 0.6) is 0 Å². The van der Waals surface area contributed by atoms with Gasteiger partial charge in [-0.05, 0) is 44.9 Å². The largest absolute Gasteiger partial charge is 0.349 e. The topological polar surface area (TPSA) is 70.5 Å². The highest BCUT2D eigenvalue weighted by atomic mass is 35.5.